The van der Waals surface area contributed by atoms with E-state index in [-0.39, 0.29) is 30.8 Å². The molecule has 2 aromatic carbocycles. The lowest BCUT2D eigenvalue weighted by molar-refractivity contribution is -0.148. The van der Waals surface area contributed by atoms with Crippen molar-refractivity contribution < 1.29 is 18.7 Å². The van der Waals surface area contributed by atoms with Crippen molar-refractivity contribution in [2.75, 3.05) is 12.4 Å². The van der Waals surface area contributed by atoms with Crippen molar-refractivity contribution in [1.82, 2.24) is 5.32 Å². The Bertz CT molecular complexity index is 794. The van der Waals surface area contributed by atoms with Crippen LogP contribution in [0.1, 0.15) is 36.4 Å². The van der Waals surface area contributed by atoms with Gasteiger partial charge in [-0.05, 0) is 54.7 Å². The smallest absolute Gasteiger partial charge is 0.307 e. The fourth-order valence-corrected chi connectivity index (χ4v) is 3.97. The van der Waals surface area contributed by atoms with Crippen LogP contribution in [-0.2, 0) is 20.7 Å². The van der Waals surface area contributed by atoms with Gasteiger partial charge in [0.1, 0.15) is 5.82 Å². The normalized spacial score (nSPS) is 15.7. The zero-order chi connectivity index (χ0) is 19.1. The monoisotopic (exact) mass is 387 g/mol. The first-order valence-electron chi connectivity index (χ1n) is 9.03. The molecule has 6 heteroatoms. The number of amides is 1. The van der Waals surface area contributed by atoms with Gasteiger partial charge in [0.2, 0.25) is 0 Å². The molecule has 1 aliphatic carbocycles. The topological polar surface area (TPSA) is 55.4 Å². The highest BCUT2D eigenvalue weighted by atomic mass is 32.2. The molecule has 0 radical (unpaired) electrons. The molecule has 0 bridgehead atoms. The van der Waals surface area contributed by atoms with E-state index in [1.165, 1.54) is 29.5 Å². The third kappa shape index (κ3) is 5.82. The molecule has 0 saturated carbocycles. The SMILES string of the molecule is O=C(COC(=O)CCSc1ccc(F)cc1)N[C@H]1CCCc2ccccc21. The van der Waals surface area contributed by atoms with Crippen LogP contribution >= 0.6 is 11.8 Å². The van der Waals surface area contributed by atoms with Gasteiger partial charge in [0.05, 0.1) is 12.5 Å². The molecule has 0 fully saturated rings. The molecule has 1 amide bonds. The zero-order valence-corrected chi connectivity index (χ0v) is 15.8. The van der Waals surface area contributed by atoms with Crippen molar-refractivity contribution >= 4 is 23.6 Å². The maximum atomic E-state index is 12.8. The molecule has 27 heavy (non-hydrogen) atoms. The molecule has 1 atom stereocenters. The summed E-state index contributed by atoms with van der Waals surface area (Å²) in [6.07, 6.45) is 3.15. The molecule has 4 nitrogen and oxygen atoms in total. The van der Waals surface area contributed by atoms with E-state index in [0.29, 0.717) is 5.75 Å². The van der Waals surface area contributed by atoms with Crippen LogP contribution in [0.2, 0.25) is 0 Å². The van der Waals surface area contributed by atoms with E-state index in [1.54, 1.807) is 12.1 Å². The van der Waals surface area contributed by atoms with Crippen LogP contribution in [0.15, 0.2) is 53.4 Å². The molecule has 0 heterocycles. The number of carbonyl (C=O) groups excluding carboxylic acids is 2. The van der Waals surface area contributed by atoms with Gasteiger partial charge in [-0.2, -0.15) is 0 Å². The first-order chi connectivity index (χ1) is 13.1. The Hall–Kier alpha value is -2.34. The van der Waals surface area contributed by atoms with E-state index in [2.05, 4.69) is 11.4 Å². The summed E-state index contributed by atoms with van der Waals surface area (Å²) < 4.78 is 17.9. The second-order valence-corrected chi connectivity index (χ2v) is 7.59. The standard InChI is InChI=1S/C21H22FNO3S/c22-16-8-10-17(11-9-16)27-13-12-21(25)26-14-20(24)23-19-7-3-5-15-4-1-2-6-18(15)19/h1-2,4,6,8-11,19H,3,5,7,12-14H2,(H,23,24)/t19-/m0/s1. The summed E-state index contributed by atoms with van der Waals surface area (Å²) in [6.45, 7) is -0.265. The van der Waals surface area contributed by atoms with Crippen LogP contribution in [0.4, 0.5) is 4.39 Å². The number of thioether (sulfide) groups is 1. The summed E-state index contributed by atoms with van der Waals surface area (Å²) in [5.74, 6) is -0.465. The van der Waals surface area contributed by atoms with E-state index in [0.717, 1.165) is 29.7 Å². The van der Waals surface area contributed by atoms with Crippen LogP contribution in [0, 0.1) is 5.82 Å². The summed E-state index contributed by atoms with van der Waals surface area (Å²) >= 11 is 1.44. The lowest BCUT2D eigenvalue weighted by Crippen LogP contribution is -2.34. The van der Waals surface area contributed by atoms with Gasteiger partial charge in [-0.1, -0.05) is 24.3 Å². The third-order valence-electron chi connectivity index (χ3n) is 4.46. The van der Waals surface area contributed by atoms with Gasteiger partial charge in [0.15, 0.2) is 6.61 Å². The van der Waals surface area contributed by atoms with Gasteiger partial charge in [0.25, 0.3) is 5.91 Å². The van der Waals surface area contributed by atoms with Crippen molar-refractivity contribution in [2.45, 2.75) is 36.6 Å². The number of ether oxygens (including phenoxy) is 1. The average molecular weight is 387 g/mol. The van der Waals surface area contributed by atoms with Crippen molar-refractivity contribution in [3.05, 3.63) is 65.5 Å². The predicted octanol–water partition coefficient (Wildman–Crippen LogP) is 4.04. The summed E-state index contributed by atoms with van der Waals surface area (Å²) in [6, 6.07) is 14.2. The maximum absolute atomic E-state index is 12.8. The molecule has 1 aliphatic rings. The van der Waals surface area contributed by atoms with Gasteiger partial charge in [0, 0.05) is 10.6 Å². The van der Waals surface area contributed by atoms with Crippen LogP contribution < -0.4 is 5.32 Å². The number of nitrogens with one attached hydrogen (secondary N) is 1. The minimum atomic E-state index is -0.413. The molecule has 0 spiro atoms. The van der Waals surface area contributed by atoms with Crippen LogP contribution in [0.25, 0.3) is 0 Å². The number of esters is 1. The average Bonchev–Trinajstić information content (AvgIpc) is 2.68. The van der Waals surface area contributed by atoms with Gasteiger partial charge in [-0.25, -0.2) is 4.39 Å². The highest BCUT2D eigenvalue weighted by Crippen LogP contribution is 2.29. The quantitative estimate of drug-likeness (QED) is 0.575. The minimum Gasteiger partial charge on any atom is -0.456 e. The summed E-state index contributed by atoms with van der Waals surface area (Å²) in [5, 5.41) is 2.96. The van der Waals surface area contributed by atoms with Gasteiger partial charge in [-0.15, -0.1) is 11.8 Å². The molecule has 0 saturated heterocycles. The molecular weight excluding hydrogens is 365 g/mol. The van der Waals surface area contributed by atoms with E-state index >= 15 is 0 Å². The fraction of sp³-hybridized carbons (Fsp3) is 0.333. The Morgan fingerprint density at radius 1 is 1.15 bits per heavy atom. The summed E-state index contributed by atoms with van der Waals surface area (Å²) in [7, 11) is 0. The summed E-state index contributed by atoms with van der Waals surface area (Å²) in [5.41, 5.74) is 2.42. The van der Waals surface area contributed by atoms with E-state index in [4.69, 9.17) is 4.74 Å². The maximum Gasteiger partial charge on any atom is 0.307 e. The molecule has 0 unspecified atom stereocenters. The Labute approximate surface area is 162 Å². The molecule has 142 valence electrons. The largest absolute Gasteiger partial charge is 0.456 e. The number of aryl methyl sites for hydroxylation is 1. The Morgan fingerprint density at radius 3 is 2.74 bits per heavy atom. The molecule has 1 N–H and O–H groups in total. The Balaban J connectivity index is 1.38. The molecule has 0 aromatic heterocycles. The number of rotatable bonds is 7. The molecule has 3 rings (SSSR count). The minimum absolute atomic E-state index is 0.0183. The highest BCUT2D eigenvalue weighted by molar-refractivity contribution is 7.99. The number of benzene rings is 2. The summed E-state index contributed by atoms with van der Waals surface area (Å²) in [4.78, 5) is 24.8. The van der Waals surface area contributed by atoms with Crippen molar-refractivity contribution in [3.63, 3.8) is 0 Å². The van der Waals surface area contributed by atoms with Gasteiger partial charge < -0.3 is 10.1 Å². The van der Waals surface area contributed by atoms with E-state index in [9.17, 15) is 14.0 Å². The predicted molar refractivity (Wildman–Crippen MR) is 103 cm³/mol. The van der Waals surface area contributed by atoms with Crippen LogP contribution in [0.3, 0.4) is 0 Å². The Morgan fingerprint density at radius 2 is 1.93 bits per heavy atom. The van der Waals surface area contributed by atoms with Crippen molar-refractivity contribution in [1.29, 1.82) is 0 Å². The Kier molecular flexibility index (Phi) is 6.87. The molecular formula is C21H22FNO3S. The number of carbonyl (C=O) groups is 2. The second kappa shape index (κ2) is 9.55. The number of fused-ring (bicyclic) bond motifs is 1. The van der Waals surface area contributed by atoms with Gasteiger partial charge in [-0.3, -0.25) is 9.59 Å². The van der Waals surface area contributed by atoms with E-state index < -0.39 is 5.97 Å². The van der Waals surface area contributed by atoms with Crippen molar-refractivity contribution in [3.8, 4) is 0 Å². The number of hydrogen-bond acceptors (Lipinski definition) is 4. The fourth-order valence-electron chi connectivity index (χ4n) is 3.14. The lowest BCUT2D eigenvalue weighted by atomic mass is 9.88. The van der Waals surface area contributed by atoms with Crippen LogP contribution in [-0.4, -0.2) is 24.2 Å². The molecule has 0 aliphatic heterocycles. The molecule has 2 aromatic rings. The lowest BCUT2D eigenvalue weighted by Gasteiger charge is -2.26. The highest BCUT2D eigenvalue weighted by Gasteiger charge is 2.21. The van der Waals surface area contributed by atoms with Crippen LogP contribution in [0.5, 0.6) is 0 Å². The van der Waals surface area contributed by atoms with Crippen molar-refractivity contribution in [2.24, 2.45) is 0 Å². The first-order valence-corrected chi connectivity index (χ1v) is 10.0. The van der Waals surface area contributed by atoms with Gasteiger partial charge >= 0.3 is 5.97 Å². The third-order valence-corrected chi connectivity index (χ3v) is 5.47. The second-order valence-electron chi connectivity index (χ2n) is 6.42. The zero-order valence-electron chi connectivity index (χ0n) is 14.9. The number of halogens is 1. The first kappa shape index (κ1) is 19.4. The number of hydrogen-bond donors (Lipinski definition) is 1. The van der Waals surface area contributed by atoms with E-state index in [1.807, 2.05) is 18.2 Å².